The molecule has 1 unspecified atom stereocenters. The van der Waals surface area contributed by atoms with Crippen molar-refractivity contribution in [3.05, 3.63) is 41.7 Å². The van der Waals surface area contributed by atoms with Crippen molar-refractivity contribution in [1.82, 2.24) is 4.90 Å². The number of hydrogen-bond donors (Lipinski definition) is 0. The van der Waals surface area contributed by atoms with Gasteiger partial charge in [-0.3, -0.25) is 0 Å². The lowest BCUT2D eigenvalue weighted by Crippen LogP contribution is -2.33. The van der Waals surface area contributed by atoms with E-state index in [1.165, 1.54) is 11.3 Å². The van der Waals surface area contributed by atoms with Crippen LogP contribution in [-0.4, -0.2) is 18.1 Å². The molecule has 0 radical (unpaired) electrons. The Morgan fingerprint density at radius 2 is 2.12 bits per heavy atom. The number of anilines is 1. The average Bonchev–Trinajstić information content (AvgIpc) is 2.69. The van der Waals surface area contributed by atoms with E-state index in [0.717, 1.165) is 12.0 Å². The molecular weight excluding hydrogens is 210 g/mol. The second-order valence-electron chi connectivity index (χ2n) is 4.31. The summed E-state index contributed by atoms with van der Waals surface area (Å²) in [6.45, 7) is 4.28. The molecule has 0 bridgehead atoms. The molecule has 0 fully saturated rings. The highest BCUT2D eigenvalue weighted by Gasteiger charge is 2.21. The Kier molecular flexibility index (Phi) is 3.06. The molecule has 1 aliphatic rings. The Hall–Kier alpha value is -1.95. The topological polar surface area (TPSA) is 30.3 Å². The second kappa shape index (κ2) is 4.50. The highest BCUT2D eigenvalue weighted by Crippen LogP contribution is 2.28. The summed E-state index contributed by atoms with van der Waals surface area (Å²) in [5.74, 6) is 0. The van der Waals surface area contributed by atoms with Crippen LogP contribution in [0.3, 0.4) is 0 Å². The van der Waals surface area contributed by atoms with E-state index in [-0.39, 0.29) is 0 Å². The molecule has 3 heteroatoms. The van der Waals surface area contributed by atoms with Crippen LogP contribution in [-0.2, 0) is 6.42 Å². The summed E-state index contributed by atoms with van der Waals surface area (Å²) in [7, 11) is 2.07. The molecule has 0 N–H and O–H groups in total. The molecular formula is C14H17N3. The van der Waals surface area contributed by atoms with E-state index in [0.29, 0.717) is 6.17 Å². The molecule has 0 aromatic heterocycles. The van der Waals surface area contributed by atoms with Crippen LogP contribution in [0.25, 0.3) is 0 Å². The third-order valence-corrected chi connectivity index (χ3v) is 3.32. The standard InChI is InChI=1S/C14H17N3/c1-4-13-9-12(10-15)5-6-14(13)17-8-7-16(3)11(17)2/h5-9,11H,4H2,1-3H3. The van der Waals surface area contributed by atoms with Gasteiger partial charge in [0.25, 0.3) is 0 Å². The van der Waals surface area contributed by atoms with Crippen LogP contribution in [0.4, 0.5) is 5.69 Å². The lowest BCUT2D eigenvalue weighted by atomic mass is 10.1. The lowest BCUT2D eigenvalue weighted by Gasteiger charge is -2.28. The molecule has 2 rings (SSSR count). The molecule has 0 amide bonds. The maximum atomic E-state index is 8.92. The van der Waals surface area contributed by atoms with Crippen molar-refractivity contribution >= 4 is 5.69 Å². The summed E-state index contributed by atoms with van der Waals surface area (Å²) in [6, 6.07) is 8.09. The van der Waals surface area contributed by atoms with E-state index in [1.807, 2.05) is 18.2 Å². The van der Waals surface area contributed by atoms with Gasteiger partial charge in [-0.05, 0) is 37.1 Å². The third kappa shape index (κ3) is 1.99. The van der Waals surface area contributed by atoms with Crippen molar-refractivity contribution < 1.29 is 0 Å². The fraction of sp³-hybridized carbons (Fsp3) is 0.357. The Bertz CT molecular complexity index is 485. The van der Waals surface area contributed by atoms with Crippen molar-refractivity contribution in [2.75, 3.05) is 11.9 Å². The molecule has 1 aromatic carbocycles. The van der Waals surface area contributed by atoms with Crippen LogP contribution in [0.5, 0.6) is 0 Å². The van der Waals surface area contributed by atoms with E-state index in [4.69, 9.17) is 5.26 Å². The van der Waals surface area contributed by atoms with Gasteiger partial charge in [0, 0.05) is 25.1 Å². The Labute approximate surface area is 103 Å². The van der Waals surface area contributed by atoms with Gasteiger partial charge in [-0.1, -0.05) is 6.92 Å². The number of benzene rings is 1. The maximum Gasteiger partial charge on any atom is 0.102 e. The van der Waals surface area contributed by atoms with Gasteiger partial charge in [-0.2, -0.15) is 5.26 Å². The Balaban J connectivity index is 2.40. The molecule has 88 valence electrons. The predicted octanol–water partition coefficient (Wildman–Crippen LogP) is 2.69. The number of nitrogens with zero attached hydrogens (tertiary/aromatic N) is 3. The Morgan fingerprint density at radius 1 is 1.35 bits per heavy atom. The van der Waals surface area contributed by atoms with E-state index in [2.05, 4.69) is 49.2 Å². The molecule has 0 aliphatic carbocycles. The van der Waals surface area contributed by atoms with Crippen LogP contribution < -0.4 is 4.90 Å². The zero-order valence-electron chi connectivity index (χ0n) is 10.5. The summed E-state index contributed by atoms with van der Waals surface area (Å²) >= 11 is 0. The molecule has 17 heavy (non-hydrogen) atoms. The molecule has 1 heterocycles. The second-order valence-corrected chi connectivity index (χ2v) is 4.31. The minimum absolute atomic E-state index is 0.327. The van der Waals surface area contributed by atoms with Gasteiger partial charge in [0.05, 0.1) is 11.6 Å². The fourth-order valence-electron chi connectivity index (χ4n) is 2.09. The van der Waals surface area contributed by atoms with Gasteiger partial charge < -0.3 is 9.80 Å². The van der Waals surface area contributed by atoms with Crippen LogP contribution in [0, 0.1) is 11.3 Å². The van der Waals surface area contributed by atoms with Gasteiger partial charge in [0.1, 0.15) is 6.17 Å². The summed E-state index contributed by atoms with van der Waals surface area (Å²) in [4.78, 5) is 4.40. The van der Waals surface area contributed by atoms with Gasteiger partial charge in [-0.15, -0.1) is 0 Å². The van der Waals surface area contributed by atoms with Crippen molar-refractivity contribution in [1.29, 1.82) is 5.26 Å². The van der Waals surface area contributed by atoms with Crippen molar-refractivity contribution in [2.45, 2.75) is 26.4 Å². The van der Waals surface area contributed by atoms with Crippen molar-refractivity contribution in [3.63, 3.8) is 0 Å². The summed E-state index contributed by atoms with van der Waals surface area (Å²) < 4.78 is 0. The van der Waals surface area contributed by atoms with Gasteiger partial charge >= 0.3 is 0 Å². The zero-order chi connectivity index (χ0) is 12.4. The fourth-order valence-corrected chi connectivity index (χ4v) is 2.09. The predicted molar refractivity (Wildman–Crippen MR) is 69.4 cm³/mol. The van der Waals surface area contributed by atoms with Crippen molar-refractivity contribution in [2.24, 2.45) is 0 Å². The van der Waals surface area contributed by atoms with Crippen LogP contribution in [0.15, 0.2) is 30.6 Å². The normalized spacial score (nSPS) is 18.6. The Morgan fingerprint density at radius 3 is 2.65 bits per heavy atom. The molecule has 1 aliphatic heterocycles. The van der Waals surface area contributed by atoms with Crippen LogP contribution in [0.1, 0.15) is 25.0 Å². The largest absolute Gasteiger partial charge is 0.359 e. The highest BCUT2D eigenvalue weighted by atomic mass is 15.4. The average molecular weight is 227 g/mol. The van der Waals surface area contributed by atoms with E-state index < -0.39 is 0 Å². The number of hydrogen-bond acceptors (Lipinski definition) is 3. The van der Waals surface area contributed by atoms with E-state index >= 15 is 0 Å². The molecule has 1 aromatic rings. The molecule has 0 saturated heterocycles. The SMILES string of the molecule is CCc1cc(C#N)ccc1N1C=CN(C)C1C. The van der Waals surface area contributed by atoms with Crippen molar-refractivity contribution in [3.8, 4) is 6.07 Å². The van der Waals surface area contributed by atoms with Crippen LogP contribution >= 0.6 is 0 Å². The molecule has 1 atom stereocenters. The van der Waals surface area contributed by atoms with E-state index in [1.54, 1.807) is 0 Å². The summed E-state index contributed by atoms with van der Waals surface area (Å²) in [5.41, 5.74) is 3.14. The number of aryl methyl sites for hydroxylation is 1. The lowest BCUT2D eigenvalue weighted by molar-refractivity contribution is 0.383. The van der Waals surface area contributed by atoms with Gasteiger partial charge in [-0.25, -0.2) is 0 Å². The molecule has 0 saturated carbocycles. The number of nitriles is 1. The number of rotatable bonds is 2. The third-order valence-electron chi connectivity index (χ3n) is 3.32. The first-order valence-corrected chi connectivity index (χ1v) is 5.89. The van der Waals surface area contributed by atoms with Gasteiger partial charge in [0.2, 0.25) is 0 Å². The minimum atomic E-state index is 0.327. The molecule has 3 nitrogen and oxygen atoms in total. The monoisotopic (exact) mass is 227 g/mol. The molecule has 0 spiro atoms. The quantitative estimate of drug-likeness (QED) is 0.778. The first-order valence-electron chi connectivity index (χ1n) is 5.89. The van der Waals surface area contributed by atoms with E-state index in [9.17, 15) is 0 Å². The maximum absolute atomic E-state index is 8.92. The smallest absolute Gasteiger partial charge is 0.102 e. The van der Waals surface area contributed by atoms with Gasteiger partial charge in [0.15, 0.2) is 0 Å². The summed E-state index contributed by atoms with van der Waals surface area (Å²) in [6.07, 6.45) is 5.42. The minimum Gasteiger partial charge on any atom is -0.359 e. The first-order chi connectivity index (χ1) is 8.17. The van der Waals surface area contributed by atoms with Crippen LogP contribution in [0.2, 0.25) is 0 Å². The first kappa shape index (κ1) is 11.5. The summed E-state index contributed by atoms with van der Waals surface area (Å²) in [5, 5.41) is 8.92. The highest BCUT2D eigenvalue weighted by molar-refractivity contribution is 5.60. The zero-order valence-corrected chi connectivity index (χ0v) is 10.5.